The number of ketones is 1. The fraction of sp³-hybridized carbons (Fsp3) is 0.565. The van der Waals surface area contributed by atoms with Crippen molar-refractivity contribution in [2.75, 3.05) is 0 Å². The third kappa shape index (κ3) is 6.85. The van der Waals surface area contributed by atoms with Gasteiger partial charge in [0.15, 0.2) is 5.78 Å². The number of nitrogens with zero attached hydrogens (tertiary/aromatic N) is 1. The molecule has 0 bridgehead atoms. The van der Waals surface area contributed by atoms with Crippen LogP contribution in [0.2, 0.25) is 0 Å². The summed E-state index contributed by atoms with van der Waals surface area (Å²) in [6.45, 7) is 4.48. The Labute approximate surface area is 163 Å². The quantitative estimate of drug-likeness (QED) is 0.498. The first kappa shape index (κ1) is 21.2. The van der Waals surface area contributed by atoms with Crippen LogP contribution in [0, 0.1) is 0 Å². The van der Waals surface area contributed by atoms with E-state index in [0.717, 1.165) is 50.5 Å². The Hall–Kier alpha value is -2.10. The molecule has 1 heterocycles. The van der Waals surface area contributed by atoms with Gasteiger partial charge in [0.05, 0.1) is 0 Å². The number of carbonyl (C=O) groups is 2. The van der Waals surface area contributed by atoms with E-state index in [-0.39, 0.29) is 24.0 Å². The number of likely N-dealkylation sites (tertiary alicyclic amines) is 1. The molecule has 1 aliphatic heterocycles. The van der Waals surface area contributed by atoms with Crippen LogP contribution in [0.15, 0.2) is 42.5 Å². The number of ether oxygens (including phenoxy) is 1. The fourth-order valence-electron chi connectivity index (χ4n) is 3.69. The van der Waals surface area contributed by atoms with E-state index in [9.17, 15) is 9.59 Å². The van der Waals surface area contributed by atoms with Crippen LogP contribution in [0.4, 0.5) is 4.79 Å². The third-order valence-corrected chi connectivity index (χ3v) is 5.14. The van der Waals surface area contributed by atoms with E-state index < -0.39 is 0 Å². The van der Waals surface area contributed by atoms with Gasteiger partial charge in [-0.15, -0.1) is 0 Å². The van der Waals surface area contributed by atoms with Crippen molar-refractivity contribution < 1.29 is 14.3 Å². The van der Waals surface area contributed by atoms with Gasteiger partial charge >= 0.3 is 6.09 Å². The SMILES string of the molecule is CCCC[C@@H]1CCC(C/C=C/C(=O)CCC)N1C(=O)OCc1ccccc1. The second-order valence-corrected chi connectivity index (χ2v) is 7.33. The Bertz CT molecular complexity index is 611. The van der Waals surface area contributed by atoms with Crippen LogP contribution in [-0.4, -0.2) is 28.9 Å². The summed E-state index contributed by atoms with van der Waals surface area (Å²) in [6.07, 6.45) is 10.8. The monoisotopic (exact) mass is 371 g/mol. The first-order valence-electron chi connectivity index (χ1n) is 10.3. The van der Waals surface area contributed by atoms with Crippen molar-refractivity contribution in [3.63, 3.8) is 0 Å². The van der Waals surface area contributed by atoms with Crippen LogP contribution < -0.4 is 0 Å². The molecule has 1 fully saturated rings. The molecule has 1 aromatic carbocycles. The average molecular weight is 372 g/mol. The van der Waals surface area contributed by atoms with Crippen molar-refractivity contribution >= 4 is 11.9 Å². The number of rotatable bonds is 10. The third-order valence-electron chi connectivity index (χ3n) is 5.14. The minimum atomic E-state index is -0.226. The van der Waals surface area contributed by atoms with Crippen LogP contribution in [-0.2, 0) is 16.1 Å². The Balaban J connectivity index is 1.97. The lowest BCUT2D eigenvalue weighted by atomic mass is 10.1. The van der Waals surface area contributed by atoms with Gasteiger partial charge in [-0.2, -0.15) is 0 Å². The van der Waals surface area contributed by atoms with E-state index in [0.29, 0.717) is 13.0 Å². The van der Waals surface area contributed by atoms with Gasteiger partial charge in [0.2, 0.25) is 0 Å². The molecule has 0 aliphatic carbocycles. The second kappa shape index (κ2) is 11.6. The summed E-state index contributed by atoms with van der Waals surface area (Å²) in [6, 6.07) is 10.2. The molecule has 0 saturated carbocycles. The van der Waals surface area contributed by atoms with E-state index in [1.54, 1.807) is 6.08 Å². The standard InChI is InChI=1S/C23H33NO3/c1-3-5-13-20-16-17-21(14-9-15-22(25)10-4-2)24(20)23(26)27-18-19-11-7-6-8-12-19/h6-9,11-12,15,20-21H,3-5,10,13-14,16-18H2,1-2H3/b15-9+/t20-,21?/m1/s1. The van der Waals surface area contributed by atoms with Crippen molar-refractivity contribution in [2.24, 2.45) is 0 Å². The van der Waals surface area contributed by atoms with E-state index in [2.05, 4.69) is 6.92 Å². The average Bonchev–Trinajstić information content (AvgIpc) is 3.08. The number of amides is 1. The van der Waals surface area contributed by atoms with Gasteiger partial charge in [0.25, 0.3) is 0 Å². The summed E-state index contributed by atoms with van der Waals surface area (Å²) in [4.78, 5) is 26.5. The van der Waals surface area contributed by atoms with E-state index >= 15 is 0 Å². The van der Waals surface area contributed by atoms with Crippen molar-refractivity contribution in [3.8, 4) is 0 Å². The summed E-state index contributed by atoms with van der Waals surface area (Å²) in [5.41, 5.74) is 0.997. The molecule has 4 nitrogen and oxygen atoms in total. The lowest BCUT2D eigenvalue weighted by Gasteiger charge is -2.29. The Kier molecular flexibility index (Phi) is 9.09. The Morgan fingerprint density at radius 3 is 2.56 bits per heavy atom. The lowest BCUT2D eigenvalue weighted by molar-refractivity contribution is -0.114. The van der Waals surface area contributed by atoms with Gasteiger partial charge in [-0.3, -0.25) is 4.79 Å². The smallest absolute Gasteiger partial charge is 0.410 e. The Morgan fingerprint density at radius 2 is 1.85 bits per heavy atom. The minimum absolute atomic E-state index is 0.126. The molecule has 4 heteroatoms. The summed E-state index contributed by atoms with van der Waals surface area (Å²) in [5.74, 6) is 0.163. The van der Waals surface area contributed by atoms with Crippen LogP contribution >= 0.6 is 0 Å². The Morgan fingerprint density at radius 1 is 1.11 bits per heavy atom. The fourth-order valence-corrected chi connectivity index (χ4v) is 3.69. The zero-order valence-corrected chi connectivity index (χ0v) is 16.7. The normalized spacial score (nSPS) is 19.6. The molecule has 27 heavy (non-hydrogen) atoms. The highest BCUT2D eigenvalue weighted by Crippen LogP contribution is 2.30. The maximum Gasteiger partial charge on any atom is 0.410 e. The van der Waals surface area contributed by atoms with Crippen molar-refractivity contribution in [1.29, 1.82) is 0 Å². The molecule has 1 aromatic rings. The maximum absolute atomic E-state index is 12.8. The molecule has 0 N–H and O–H groups in total. The molecule has 0 spiro atoms. The molecule has 0 radical (unpaired) electrons. The van der Waals surface area contributed by atoms with Crippen LogP contribution in [0.1, 0.15) is 70.8 Å². The van der Waals surface area contributed by atoms with Gasteiger partial charge < -0.3 is 9.64 Å². The highest BCUT2D eigenvalue weighted by Gasteiger charge is 2.36. The van der Waals surface area contributed by atoms with Crippen LogP contribution in [0.25, 0.3) is 0 Å². The van der Waals surface area contributed by atoms with Gasteiger partial charge in [-0.05, 0) is 43.7 Å². The maximum atomic E-state index is 12.8. The van der Waals surface area contributed by atoms with Crippen molar-refractivity contribution in [1.82, 2.24) is 4.90 Å². The first-order chi connectivity index (χ1) is 13.2. The first-order valence-corrected chi connectivity index (χ1v) is 10.3. The summed E-state index contributed by atoms with van der Waals surface area (Å²) in [7, 11) is 0. The predicted octanol–water partition coefficient (Wildman–Crippen LogP) is 5.66. The van der Waals surface area contributed by atoms with E-state index in [1.807, 2.05) is 48.2 Å². The molecular formula is C23H33NO3. The van der Waals surface area contributed by atoms with Gasteiger partial charge in [0.1, 0.15) is 6.61 Å². The number of benzene rings is 1. The summed E-state index contributed by atoms with van der Waals surface area (Å²) >= 11 is 0. The van der Waals surface area contributed by atoms with Crippen LogP contribution in [0.5, 0.6) is 0 Å². The topological polar surface area (TPSA) is 46.6 Å². The summed E-state index contributed by atoms with van der Waals surface area (Å²) < 4.78 is 5.61. The highest BCUT2D eigenvalue weighted by atomic mass is 16.6. The van der Waals surface area contributed by atoms with E-state index in [4.69, 9.17) is 4.74 Å². The molecule has 148 valence electrons. The zero-order chi connectivity index (χ0) is 19.5. The lowest BCUT2D eigenvalue weighted by Crippen LogP contribution is -2.41. The van der Waals surface area contributed by atoms with Crippen molar-refractivity contribution in [2.45, 2.75) is 83.9 Å². The number of carbonyl (C=O) groups excluding carboxylic acids is 2. The molecule has 1 amide bonds. The van der Waals surface area contributed by atoms with Gasteiger partial charge in [-0.1, -0.05) is 63.1 Å². The molecule has 2 rings (SSSR count). The largest absolute Gasteiger partial charge is 0.445 e. The molecule has 2 atom stereocenters. The zero-order valence-electron chi connectivity index (χ0n) is 16.7. The van der Waals surface area contributed by atoms with Gasteiger partial charge in [-0.25, -0.2) is 4.79 Å². The molecular weight excluding hydrogens is 338 g/mol. The minimum Gasteiger partial charge on any atom is -0.445 e. The van der Waals surface area contributed by atoms with E-state index in [1.165, 1.54) is 0 Å². The molecule has 1 saturated heterocycles. The molecule has 0 aromatic heterocycles. The number of unbranched alkanes of at least 4 members (excludes halogenated alkanes) is 1. The number of allylic oxidation sites excluding steroid dienone is 1. The predicted molar refractivity (Wildman–Crippen MR) is 108 cm³/mol. The van der Waals surface area contributed by atoms with Crippen LogP contribution in [0.3, 0.4) is 0 Å². The summed E-state index contributed by atoms with van der Waals surface area (Å²) in [5, 5.41) is 0. The second-order valence-electron chi connectivity index (χ2n) is 7.33. The molecule has 1 aliphatic rings. The highest BCUT2D eigenvalue weighted by molar-refractivity contribution is 5.89. The molecule has 1 unspecified atom stereocenters. The van der Waals surface area contributed by atoms with Gasteiger partial charge in [0, 0.05) is 18.5 Å². The number of hydrogen-bond acceptors (Lipinski definition) is 3. The van der Waals surface area contributed by atoms with Crippen molar-refractivity contribution in [3.05, 3.63) is 48.0 Å². The number of hydrogen-bond donors (Lipinski definition) is 0.